The second-order valence-corrected chi connectivity index (χ2v) is 16.2. The first-order valence-electron chi connectivity index (χ1n) is 21.4. The molecule has 1 atom stereocenters. The minimum Gasteiger partial charge on any atom is -0.370 e. The highest BCUT2D eigenvalue weighted by molar-refractivity contribution is 5.84. The quantitative estimate of drug-likeness (QED) is 0.0688. The van der Waals surface area contributed by atoms with Crippen LogP contribution < -0.4 is 5.73 Å². The maximum atomic E-state index is 10.8. The third kappa shape index (κ3) is 24.7. The molecule has 1 unspecified atom stereocenters. The van der Waals surface area contributed by atoms with E-state index in [1.807, 2.05) is 0 Å². The number of hydrogen-bond acceptors (Lipinski definition) is 3. The minimum atomic E-state index is -0.153. The SMILES string of the molecule is CCC1(CC)CN(CC(C)CCCCCCCCCCCCCCC(N)=O)C(CCCCCCCCCCCCCCCC(C)C)=N1. The first-order valence-corrected chi connectivity index (χ1v) is 21.4. The first-order chi connectivity index (χ1) is 22.8. The van der Waals surface area contributed by atoms with Crippen molar-refractivity contribution in [2.45, 2.75) is 239 Å². The van der Waals surface area contributed by atoms with Crippen LogP contribution in [0.2, 0.25) is 0 Å². The Morgan fingerprint density at radius 2 is 1.00 bits per heavy atom. The molecule has 0 radical (unpaired) electrons. The number of aliphatic imine (C=N–C) groups is 1. The predicted molar refractivity (Wildman–Crippen MR) is 209 cm³/mol. The van der Waals surface area contributed by atoms with Crippen molar-refractivity contribution < 1.29 is 4.79 Å². The van der Waals surface area contributed by atoms with E-state index in [0.717, 1.165) is 31.2 Å². The molecular weight excluding hydrogens is 574 g/mol. The lowest BCUT2D eigenvalue weighted by atomic mass is 9.94. The van der Waals surface area contributed by atoms with Crippen LogP contribution in [0.15, 0.2) is 4.99 Å². The van der Waals surface area contributed by atoms with E-state index in [-0.39, 0.29) is 11.4 Å². The van der Waals surface area contributed by atoms with E-state index in [1.165, 1.54) is 192 Å². The molecule has 0 aromatic heterocycles. The van der Waals surface area contributed by atoms with Crippen LogP contribution in [-0.4, -0.2) is 35.3 Å². The third-order valence-electron chi connectivity index (χ3n) is 11.1. The summed E-state index contributed by atoms with van der Waals surface area (Å²) in [5.74, 6) is 2.93. The molecule has 278 valence electrons. The zero-order valence-corrected chi connectivity index (χ0v) is 32.9. The van der Waals surface area contributed by atoms with E-state index in [2.05, 4.69) is 39.5 Å². The minimum absolute atomic E-state index is 0.153. The van der Waals surface area contributed by atoms with Crippen molar-refractivity contribution in [3.63, 3.8) is 0 Å². The highest BCUT2D eigenvalue weighted by Gasteiger charge is 2.36. The number of amides is 1. The fourth-order valence-electron chi connectivity index (χ4n) is 7.65. The molecule has 4 heteroatoms. The largest absolute Gasteiger partial charge is 0.370 e. The number of nitrogens with zero attached hydrogens (tertiary/aromatic N) is 2. The second kappa shape index (κ2) is 29.8. The van der Waals surface area contributed by atoms with E-state index in [9.17, 15) is 4.79 Å². The standard InChI is InChI=1S/C43H85N3O/c1-6-43(7-2)38-46(37-40(5)34-30-26-22-18-14-11-12-15-19-23-27-31-35-41(44)47)42(45-43)36-32-28-24-20-16-10-8-9-13-17-21-25-29-33-39(3)4/h39-40H,6-38H2,1-5H3,(H2,44,47). The smallest absolute Gasteiger partial charge is 0.217 e. The molecule has 1 amide bonds. The summed E-state index contributed by atoms with van der Waals surface area (Å²) in [5.41, 5.74) is 5.38. The molecule has 1 aliphatic rings. The van der Waals surface area contributed by atoms with Crippen molar-refractivity contribution in [2.24, 2.45) is 22.6 Å². The summed E-state index contributed by atoms with van der Waals surface area (Å²) in [4.78, 5) is 18.9. The molecule has 0 aromatic carbocycles. The summed E-state index contributed by atoms with van der Waals surface area (Å²) < 4.78 is 0. The second-order valence-electron chi connectivity index (χ2n) is 16.2. The average Bonchev–Trinajstić information content (AvgIpc) is 3.40. The number of unbranched alkanes of at least 4 members (excludes halogenated alkanes) is 23. The number of rotatable bonds is 35. The molecule has 47 heavy (non-hydrogen) atoms. The molecule has 0 saturated heterocycles. The summed E-state index contributed by atoms with van der Waals surface area (Å²) in [5, 5.41) is 0. The van der Waals surface area contributed by atoms with E-state index in [1.54, 1.807) is 0 Å². The van der Waals surface area contributed by atoms with Gasteiger partial charge < -0.3 is 10.6 Å². The van der Waals surface area contributed by atoms with Crippen molar-refractivity contribution in [2.75, 3.05) is 13.1 Å². The van der Waals surface area contributed by atoms with Gasteiger partial charge in [-0.2, -0.15) is 0 Å². The lowest BCUT2D eigenvalue weighted by Crippen LogP contribution is -2.37. The van der Waals surface area contributed by atoms with Crippen molar-refractivity contribution in [1.29, 1.82) is 0 Å². The predicted octanol–water partition coefficient (Wildman–Crippen LogP) is 13.3. The maximum absolute atomic E-state index is 10.8. The monoisotopic (exact) mass is 660 g/mol. The highest BCUT2D eigenvalue weighted by Crippen LogP contribution is 2.31. The van der Waals surface area contributed by atoms with E-state index >= 15 is 0 Å². The highest BCUT2D eigenvalue weighted by atomic mass is 16.1. The molecule has 0 bridgehead atoms. The fraction of sp³-hybridized carbons (Fsp3) is 0.953. The van der Waals surface area contributed by atoms with Crippen LogP contribution in [0.5, 0.6) is 0 Å². The fourth-order valence-corrected chi connectivity index (χ4v) is 7.65. The van der Waals surface area contributed by atoms with Gasteiger partial charge in [-0.3, -0.25) is 9.79 Å². The van der Waals surface area contributed by atoms with E-state index < -0.39 is 0 Å². The summed E-state index contributed by atoms with van der Waals surface area (Å²) >= 11 is 0. The summed E-state index contributed by atoms with van der Waals surface area (Å²) in [6, 6.07) is 0. The van der Waals surface area contributed by atoms with Gasteiger partial charge in [0.25, 0.3) is 0 Å². The lowest BCUT2D eigenvalue weighted by Gasteiger charge is -2.28. The van der Waals surface area contributed by atoms with Gasteiger partial charge in [0.2, 0.25) is 5.91 Å². The third-order valence-corrected chi connectivity index (χ3v) is 11.1. The molecule has 1 heterocycles. The molecule has 0 saturated carbocycles. The molecule has 1 rings (SSSR count). The molecule has 0 aromatic rings. The van der Waals surface area contributed by atoms with Gasteiger partial charge in [0.05, 0.1) is 11.4 Å². The molecule has 0 fully saturated rings. The van der Waals surface area contributed by atoms with Crippen LogP contribution in [0.25, 0.3) is 0 Å². The Bertz CT molecular complexity index is 743. The summed E-state index contributed by atoms with van der Waals surface area (Å²) in [7, 11) is 0. The van der Waals surface area contributed by atoms with Gasteiger partial charge in [0, 0.05) is 25.9 Å². The Labute approximate surface area is 295 Å². The average molecular weight is 660 g/mol. The zero-order valence-electron chi connectivity index (χ0n) is 32.9. The van der Waals surface area contributed by atoms with Crippen LogP contribution in [-0.2, 0) is 4.79 Å². The van der Waals surface area contributed by atoms with Crippen molar-refractivity contribution in [1.82, 2.24) is 4.90 Å². The number of hydrogen-bond donors (Lipinski definition) is 1. The number of carbonyl (C=O) groups is 1. The number of primary amides is 1. The maximum Gasteiger partial charge on any atom is 0.217 e. The summed E-state index contributed by atoms with van der Waals surface area (Å²) in [6.45, 7) is 14.2. The normalized spacial score (nSPS) is 15.1. The summed E-state index contributed by atoms with van der Waals surface area (Å²) in [6.07, 6.45) is 41.3. The van der Waals surface area contributed by atoms with Crippen molar-refractivity contribution in [3.05, 3.63) is 0 Å². The van der Waals surface area contributed by atoms with E-state index in [0.29, 0.717) is 6.42 Å². The Balaban J connectivity index is 2.09. The Morgan fingerprint density at radius 3 is 1.40 bits per heavy atom. The first kappa shape index (κ1) is 44.0. The van der Waals surface area contributed by atoms with Gasteiger partial charge in [0.1, 0.15) is 0 Å². The topological polar surface area (TPSA) is 58.7 Å². The van der Waals surface area contributed by atoms with Crippen molar-refractivity contribution in [3.8, 4) is 0 Å². The van der Waals surface area contributed by atoms with Gasteiger partial charge in [-0.25, -0.2) is 0 Å². The Hall–Kier alpha value is -1.06. The van der Waals surface area contributed by atoms with Crippen LogP contribution in [0.4, 0.5) is 0 Å². The van der Waals surface area contributed by atoms with Gasteiger partial charge in [-0.15, -0.1) is 0 Å². The van der Waals surface area contributed by atoms with Gasteiger partial charge >= 0.3 is 0 Å². The molecule has 2 N–H and O–H groups in total. The Kier molecular flexibility index (Phi) is 27.9. The molecule has 4 nitrogen and oxygen atoms in total. The molecule has 0 spiro atoms. The molecular formula is C43H85N3O. The number of nitrogens with two attached hydrogens (primary N) is 1. The zero-order chi connectivity index (χ0) is 34.4. The van der Waals surface area contributed by atoms with Crippen molar-refractivity contribution >= 4 is 11.7 Å². The van der Waals surface area contributed by atoms with Crippen LogP contribution >= 0.6 is 0 Å². The molecule has 0 aliphatic carbocycles. The van der Waals surface area contributed by atoms with E-state index in [4.69, 9.17) is 10.7 Å². The van der Waals surface area contributed by atoms with Crippen LogP contribution in [0.1, 0.15) is 234 Å². The van der Waals surface area contributed by atoms with Gasteiger partial charge in [-0.05, 0) is 43.9 Å². The van der Waals surface area contributed by atoms with Crippen LogP contribution in [0.3, 0.4) is 0 Å². The molecule has 1 aliphatic heterocycles. The lowest BCUT2D eigenvalue weighted by molar-refractivity contribution is -0.118. The Morgan fingerprint density at radius 1 is 0.617 bits per heavy atom. The van der Waals surface area contributed by atoms with Gasteiger partial charge in [-0.1, -0.05) is 189 Å². The van der Waals surface area contributed by atoms with Crippen LogP contribution in [0, 0.1) is 11.8 Å². The van der Waals surface area contributed by atoms with Gasteiger partial charge in [0.15, 0.2) is 0 Å². The number of carbonyl (C=O) groups excluding carboxylic acids is 1. The number of amidine groups is 1.